The second kappa shape index (κ2) is 12.4. The lowest BCUT2D eigenvalue weighted by Gasteiger charge is -2.17. The first kappa shape index (κ1) is 27.6. The lowest BCUT2D eigenvalue weighted by atomic mass is 10.1. The largest absolute Gasteiger partial charge is 0.493 e. The first-order chi connectivity index (χ1) is 17.7. The van der Waals surface area contributed by atoms with Crippen LogP contribution in [0.15, 0.2) is 75.0 Å². The van der Waals surface area contributed by atoms with Crippen LogP contribution in [0.4, 0.5) is 5.69 Å². The normalized spacial score (nSPS) is 15.8. The van der Waals surface area contributed by atoms with E-state index in [1.54, 1.807) is 24.1 Å². The van der Waals surface area contributed by atoms with Gasteiger partial charge in [-0.3, -0.25) is 9.69 Å². The number of amidine groups is 1. The molecule has 1 aliphatic heterocycles. The molecule has 3 aromatic carbocycles. The third-order valence-electron chi connectivity index (χ3n) is 5.31. The minimum absolute atomic E-state index is 0.0808. The number of nitrogens with zero attached hydrogens (tertiary/aromatic N) is 2. The summed E-state index contributed by atoms with van der Waals surface area (Å²) < 4.78 is 12.4. The molecule has 0 atom stereocenters. The minimum Gasteiger partial charge on any atom is -0.493 e. The second-order valence-electron chi connectivity index (χ2n) is 8.74. The molecule has 3 aromatic rings. The van der Waals surface area contributed by atoms with Crippen LogP contribution in [0.25, 0.3) is 6.08 Å². The molecule has 1 aliphatic rings. The Morgan fingerprint density at radius 3 is 2.51 bits per heavy atom. The SMILES string of the molecule is COc1cc(/C=C2\SC(=Nc3ccc(Cl)cc3)N(CC(C)C)C2=O)cc(Br)c1OCc1cccc(Cl)c1. The van der Waals surface area contributed by atoms with Crippen LogP contribution in [0, 0.1) is 5.92 Å². The first-order valence-corrected chi connectivity index (χ1v) is 13.9. The van der Waals surface area contributed by atoms with Crippen LogP contribution in [-0.2, 0) is 11.4 Å². The van der Waals surface area contributed by atoms with Gasteiger partial charge in [-0.05, 0) is 99.3 Å². The standard InChI is InChI=1S/C28H25BrCl2N2O3S/c1-17(2)15-33-27(34)25(37-28(33)32-22-9-7-20(30)8-10-22)14-19-12-23(29)26(24(13-19)35-3)36-16-18-5-4-6-21(31)11-18/h4-14,17H,15-16H2,1-3H3/b25-14-,32-28?. The molecule has 0 unspecified atom stereocenters. The van der Waals surface area contributed by atoms with E-state index in [0.717, 1.165) is 16.8 Å². The Labute approximate surface area is 239 Å². The molecular weight excluding hydrogens is 595 g/mol. The summed E-state index contributed by atoms with van der Waals surface area (Å²) in [6.45, 7) is 5.05. The predicted molar refractivity (Wildman–Crippen MR) is 157 cm³/mol. The minimum atomic E-state index is -0.0808. The topological polar surface area (TPSA) is 51.1 Å². The molecular formula is C28H25BrCl2N2O3S. The zero-order chi connectivity index (χ0) is 26.5. The quantitative estimate of drug-likeness (QED) is 0.237. The maximum absolute atomic E-state index is 13.3. The maximum Gasteiger partial charge on any atom is 0.266 e. The van der Waals surface area contributed by atoms with E-state index in [4.69, 9.17) is 37.7 Å². The third-order valence-corrected chi connectivity index (χ3v) is 7.39. The number of amides is 1. The van der Waals surface area contributed by atoms with E-state index < -0.39 is 0 Å². The molecule has 0 spiro atoms. The van der Waals surface area contributed by atoms with Gasteiger partial charge >= 0.3 is 0 Å². The fourth-order valence-corrected chi connectivity index (χ4v) is 5.56. The van der Waals surface area contributed by atoms with Gasteiger partial charge in [0.15, 0.2) is 16.7 Å². The van der Waals surface area contributed by atoms with Crippen molar-refractivity contribution in [2.45, 2.75) is 20.5 Å². The van der Waals surface area contributed by atoms with Crippen molar-refractivity contribution in [3.63, 3.8) is 0 Å². The van der Waals surface area contributed by atoms with Gasteiger partial charge in [0.25, 0.3) is 5.91 Å². The number of rotatable bonds is 8. The highest BCUT2D eigenvalue weighted by Gasteiger charge is 2.33. The number of methoxy groups -OCH3 is 1. The molecule has 0 radical (unpaired) electrons. The molecule has 1 heterocycles. The summed E-state index contributed by atoms with van der Waals surface area (Å²) in [5.41, 5.74) is 2.48. The van der Waals surface area contributed by atoms with Crippen molar-refractivity contribution in [3.8, 4) is 11.5 Å². The number of ether oxygens (including phenoxy) is 2. The van der Waals surface area contributed by atoms with Crippen LogP contribution in [0.5, 0.6) is 11.5 Å². The van der Waals surface area contributed by atoms with Crippen molar-refractivity contribution in [2.75, 3.05) is 13.7 Å². The van der Waals surface area contributed by atoms with Crippen LogP contribution in [0.1, 0.15) is 25.0 Å². The van der Waals surface area contributed by atoms with E-state index in [2.05, 4.69) is 29.8 Å². The summed E-state index contributed by atoms with van der Waals surface area (Å²) in [7, 11) is 1.58. The van der Waals surface area contributed by atoms with Gasteiger partial charge in [0.2, 0.25) is 0 Å². The van der Waals surface area contributed by atoms with Crippen molar-refractivity contribution in [1.29, 1.82) is 0 Å². The Morgan fingerprint density at radius 1 is 1.08 bits per heavy atom. The average molecular weight is 620 g/mol. The summed E-state index contributed by atoms with van der Waals surface area (Å²) >= 11 is 17.1. The fraction of sp³-hybridized carbons (Fsp3) is 0.214. The Balaban J connectivity index is 1.61. The average Bonchev–Trinajstić information content (AvgIpc) is 3.13. The summed E-state index contributed by atoms with van der Waals surface area (Å²) in [4.78, 5) is 20.4. The predicted octanol–water partition coefficient (Wildman–Crippen LogP) is 8.60. The molecule has 4 rings (SSSR count). The number of aliphatic imine (C=N–C) groups is 1. The number of hydrogen-bond donors (Lipinski definition) is 0. The van der Waals surface area contributed by atoms with Crippen LogP contribution in [0.3, 0.4) is 0 Å². The summed E-state index contributed by atoms with van der Waals surface area (Å²) in [5.74, 6) is 1.32. The first-order valence-electron chi connectivity index (χ1n) is 11.5. The van der Waals surface area contributed by atoms with Gasteiger partial charge in [0.05, 0.1) is 22.2 Å². The molecule has 0 saturated carbocycles. The highest BCUT2D eigenvalue weighted by atomic mass is 79.9. The van der Waals surface area contributed by atoms with Gasteiger partial charge in [0.1, 0.15) is 6.61 Å². The summed E-state index contributed by atoms with van der Waals surface area (Å²) in [5, 5.41) is 1.93. The molecule has 37 heavy (non-hydrogen) atoms. The van der Waals surface area contributed by atoms with Gasteiger partial charge in [-0.1, -0.05) is 49.2 Å². The highest BCUT2D eigenvalue weighted by molar-refractivity contribution is 9.10. The number of halogens is 3. The van der Waals surface area contributed by atoms with E-state index in [-0.39, 0.29) is 11.8 Å². The van der Waals surface area contributed by atoms with Crippen LogP contribution in [-0.4, -0.2) is 29.6 Å². The third kappa shape index (κ3) is 7.11. The maximum atomic E-state index is 13.3. The van der Waals surface area contributed by atoms with Crippen LogP contribution < -0.4 is 9.47 Å². The zero-order valence-corrected chi connectivity index (χ0v) is 24.4. The summed E-state index contributed by atoms with van der Waals surface area (Å²) in [6, 6.07) is 18.5. The molecule has 0 N–H and O–H groups in total. The molecule has 9 heteroatoms. The van der Waals surface area contributed by atoms with Crippen LogP contribution in [0.2, 0.25) is 10.0 Å². The molecule has 5 nitrogen and oxygen atoms in total. The van der Waals surface area contributed by atoms with Gasteiger partial charge < -0.3 is 9.47 Å². The summed E-state index contributed by atoms with van der Waals surface area (Å²) in [6.07, 6.45) is 1.85. The number of carbonyl (C=O) groups is 1. The van der Waals surface area contributed by atoms with Crippen molar-refractivity contribution >= 4 is 73.7 Å². The van der Waals surface area contributed by atoms with Crippen molar-refractivity contribution < 1.29 is 14.3 Å². The fourth-order valence-electron chi connectivity index (χ4n) is 3.64. The molecule has 0 bridgehead atoms. The van der Waals surface area contributed by atoms with E-state index in [1.807, 2.05) is 54.6 Å². The molecule has 1 amide bonds. The lowest BCUT2D eigenvalue weighted by molar-refractivity contribution is -0.122. The highest BCUT2D eigenvalue weighted by Crippen LogP contribution is 2.40. The lowest BCUT2D eigenvalue weighted by Crippen LogP contribution is -2.32. The Hall–Kier alpha value is -2.45. The van der Waals surface area contributed by atoms with Gasteiger partial charge in [-0.15, -0.1) is 0 Å². The zero-order valence-electron chi connectivity index (χ0n) is 20.5. The Morgan fingerprint density at radius 2 is 1.84 bits per heavy atom. The van der Waals surface area contributed by atoms with E-state index in [0.29, 0.717) is 49.2 Å². The van der Waals surface area contributed by atoms with Crippen LogP contribution >= 0.6 is 50.9 Å². The van der Waals surface area contributed by atoms with E-state index >= 15 is 0 Å². The number of carbonyl (C=O) groups excluding carboxylic acids is 1. The van der Waals surface area contributed by atoms with Gasteiger partial charge in [0, 0.05) is 16.6 Å². The van der Waals surface area contributed by atoms with Gasteiger partial charge in [-0.25, -0.2) is 4.99 Å². The molecule has 0 aliphatic carbocycles. The van der Waals surface area contributed by atoms with E-state index in [9.17, 15) is 4.79 Å². The Bertz CT molecular complexity index is 1360. The van der Waals surface area contributed by atoms with Crippen molar-refractivity contribution in [2.24, 2.45) is 10.9 Å². The monoisotopic (exact) mass is 618 g/mol. The second-order valence-corrected chi connectivity index (χ2v) is 11.5. The van der Waals surface area contributed by atoms with Gasteiger partial charge in [-0.2, -0.15) is 0 Å². The number of thioether (sulfide) groups is 1. The Kier molecular flexibility index (Phi) is 9.24. The van der Waals surface area contributed by atoms with Crippen molar-refractivity contribution in [3.05, 3.63) is 91.2 Å². The molecule has 1 saturated heterocycles. The number of benzene rings is 3. The van der Waals surface area contributed by atoms with E-state index in [1.165, 1.54) is 11.8 Å². The smallest absolute Gasteiger partial charge is 0.266 e. The molecule has 192 valence electrons. The molecule has 1 fully saturated rings. The van der Waals surface area contributed by atoms with Crippen molar-refractivity contribution in [1.82, 2.24) is 4.90 Å². The number of hydrogen-bond acceptors (Lipinski definition) is 5. The molecule has 0 aromatic heterocycles.